The highest BCUT2D eigenvalue weighted by Gasteiger charge is 2.32. The number of carbonyl (C=O) groups excluding carboxylic acids is 2. The van der Waals surface area contributed by atoms with Crippen LogP contribution < -0.4 is 5.32 Å². The third-order valence-corrected chi connectivity index (χ3v) is 5.81. The number of nitrogens with one attached hydrogen (secondary N) is 1. The van der Waals surface area contributed by atoms with Gasteiger partial charge in [-0.2, -0.15) is 0 Å². The van der Waals surface area contributed by atoms with Gasteiger partial charge >= 0.3 is 5.97 Å². The van der Waals surface area contributed by atoms with E-state index in [1.54, 1.807) is 6.07 Å². The lowest BCUT2D eigenvalue weighted by Crippen LogP contribution is -2.48. The molecule has 26 heavy (non-hydrogen) atoms. The molecule has 0 radical (unpaired) electrons. The van der Waals surface area contributed by atoms with Crippen LogP contribution in [0.5, 0.6) is 0 Å². The van der Waals surface area contributed by atoms with Crippen molar-refractivity contribution in [2.75, 3.05) is 23.4 Å². The average Bonchev–Trinajstić information content (AvgIpc) is 2.60. The van der Waals surface area contributed by atoms with Crippen molar-refractivity contribution in [3.8, 4) is 0 Å². The number of nitrogens with zero attached hydrogens (tertiary/aromatic N) is 1. The molecule has 0 aromatic heterocycles. The Morgan fingerprint density at radius 2 is 2.00 bits per heavy atom. The van der Waals surface area contributed by atoms with Crippen LogP contribution in [0.2, 0.25) is 0 Å². The number of hydrogen-bond acceptors (Lipinski definition) is 5. The second kappa shape index (κ2) is 8.31. The molecule has 0 spiro atoms. The molecule has 9 heteroatoms. The highest BCUT2D eigenvalue weighted by molar-refractivity contribution is 7.92. The number of hydrogen-bond donors (Lipinski definition) is 2. The molecular formula is C17H22N2O6S. The van der Waals surface area contributed by atoms with Gasteiger partial charge in [-0.25, -0.2) is 13.2 Å². The summed E-state index contributed by atoms with van der Waals surface area (Å²) in [4.78, 5) is 37.2. The molecule has 1 atom stereocenters. The second-order valence-electron chi connectivity index (χ2n) is 6.15. The fraction of sp³-hybridized carbons (Fsp3) is 0.471. The lowest BCUT2D eigenvalue weighted by Gasteiger charge is -2.33. The van der Waals surface area contributed by atoms with Crippen molar-refractivity contribution in [2.24, 2.45) is 0 Å². The van der Waals surface area contributed by atoms with E-state index >= 15 is 0 Å². The van der Waals surface area contributed by atoms with Crippen molar-refractivity contribution in [1.29, 1.82) is 0 Å². The Morgan fingerprint density at radius 1 is 1.27 bits per heavy atom. The molecule has 2 amide bonds. The first-order chi connectivity index (χ1) is 12.2. The van der Waals surface area contributed by atoms with Crippen molar-refractivity contribution in [3.63, 3.8) is 0 Å². The predicted octanol–water partition coefficient (Wildman–Crippen LogP) is 1.14. The molecule has 1 aliphatic heterocycles. The highest BCUT2D eigenvalue weighted by atomic mass is 32.2. The summed E-state index contributed by atoms with van der Waals surface area (Å²) in [6.07, 6.45) is 1.90. The van der Waals surface area contributed by atoms with Crippen molar-refractivity contribution in [2.45, 2.75) is 32.2 Å². The van der Waals surface area contributed by atoms with Crippen LogP contribution in [0, 0.1) is 0 Å². The van der Waals surface area contributed by atoms with Crippen molar-refractivity contribution < 1.29 is 27.9 Å². The van der Waals surface area contributed by atoms with Gasteiger partial charge in [0.15, 0.2) is 9.84 Å². The summed E-state index contributed by atoms with van der Waals surface area (Å²) in [6, 6.07) is 5.19. The van der Waals surface area contributed by atoms with Crippen LogP contribution in [-0.4, -0.2) is 60.3 Å². The fourth-order valence-electron chi connectivity index (χ4n) is 2.83. The van der Waals surface area contributed by atoms with Gasteiger partial charge in [-0.3, -0.25) is 9.59 Å². The summed E-state index contributed by atoms with van der Waals surface area (Å²) >= 11 is 0. The number of amides is 2. The van der Waals surface area contributed by atoms with E-state index in [0.717, 1.165) is 12.8 Å². The van der Waals surface area contributed by atoms with Crippen LogP contribution in [0.25, 0.3) is 0 Å². The second-order valence-corrected chi connectivity index (χ2v) is 8.51. The molecule has 2 rings (SSSR count). The summed E-state index contributed by atoms with van der Waals surface area (Å²) in [5, 5.41) is 11.8. The standard InChI is InChI=1S/C17H22N2O6S/c1-2-26(24,25)11-15(20)18-13-7-5-6-12(10-13)16(21)19-9-4-3-8-14(19)17(22)23/h5-7,10,14H,2-4,8-9,11H2,1H3,(H,18,20)(H,22,23). The van der Waals surface area contributed by atoms with E-state index < -0.39 is 39.4 Å². The Balaban J connectivity index is 2.14. The predicted molar refractivity (Wildman–Crippen MR) is 95.7 cm³/mol. The minimum absolute atomic E-state index is 0.134. The maximum atomic E-state index is 12.7. The maximum absolute atomic E-state index is 12.7. The van der Waals surface area contributed by atoms with E-state index in [2.05, 4.69) is 5.32 Å². The summed E-state index contributed by atoms with van der Waals surface area (Å²) in [6.45, 7) is 1.82. The summed E-state index contributed by atoms with van der Waals surface area (Å²) in [7, 11) is -3.45. The van der Waals surface area contributed by atoms with Crippen molar-refractivity contribution in [1.82, 2.24) is 4.90 Å². The Kier molecular flexibility index (Phi) is 6.36. The summed E-state index contributed by atoms with van der Waals surface area (Å²) in [5.41, 5.74) is 0.533. The normalized spacial score (nSPS) is 17.6. The zero-order chi connectivity index (χ0) is 19.3. The largest absolute Gasteiger partial charge is 0.480 e. The van der Waals surface area contributed by atoms with E-state index in [9.17, 15) is 27.9 Å². The number of carboxylic acids is 1. The van der Waals surface area contributed by atoms with Gasteiger partial charge in [0.25, 0.3) is 5.91 Å². The molecule has 1 aromatic carbocycles. The Morgan fingerprint density at radius 3 is 2.65 bits per heavy atom. The lowest BCUT2D eigenvalue weighted by atomic mass is 10.0. The molecule has 1 heterocycles. The number of aliphatic carboxylic acids is 1. The SMILES string of the molecule is CCS(=O)(=O)CC(=O)Nc1cccc(C(=O)N2CCCCC2C(=O)O)c1. The topological polar surface area (TPSA) is 121 Å². The van der Waals surface area contributed by atoms with Crippen LogP contribution >= 0.6 is 0 Å². The highest BCUT2D eigenvalue weighted by Crippen LogP contribution is 2.21. The smallest absolute Gasteiger partial charge is 0.326 e. The van der Waals surface area contributed by atoms with Crippen molar-refractivity contribution >= 4 is 33.3 Å². The van der Waals surface area contributed by atoms with Gasteiger partial charge < -0.3 is 15.3 Å². The first kappa shape index (κ1) is 19.9. The quantitative estimate of drug-likeness (QED) is 0.761. The van der Waals surface area contributed by atoms with Gasteiger partial charge in [-0.1, -0.05) is 13.0 Å². The van der Waals surface area contributed by atoms with Gasteiger partial charge in [0, 0.05) is 23.5 Å². The number of anilines is 1. The van der Waals surface area contributed by atoms with Crippen LogP contribution in [0.3, 0.4) is 0 Å². The van der Waals surface area contributed by atoms with E-state index in [1.165, 1.54) is 30.0 Å². The maximum Gasteiger partial charge on any atom is 0.326 e. The van der Waals surface area contributed by atoms with Crippen LogP contribution in [-0.2, 0) is 19.4 Å². The number of likely N-dealkylation sites (tertiary alicyclic amines) is 1. The molecule has 2 N–H and O–H groups in total. The molecule has 1 saturated heterocycles. The minimum Gasteiger partial charge on any atom is -0.480 e. The first-order valence-electron chi connectivity index (χ1n) is 8.37. The van der Waals surface area contributed by atoms with Crippen LogP contribution in [0.1, 0.15) is 36.5 Å². The molecule has 0 saturated carbocycles. The number of sulfone groups is 1. The number of carboxylic acid groups (broad SMARTS) is 1. The summed E-state index contributed by atoms with van der Waals surface area (Å²) < 4.78 is 23.0. The number of benzene rings is 1. The molecule has 0 aliphatic carbocycles. The molecule has 142 valence electrons. The molecule has 1 unspecified atom stereocenters. The number of piperidine rings is 1. The number of carbonyl (C=O) groups is 3. The van der Waals surface area contributed by atoms with E-state index in [-0.39, 0.29) is 17.0 Å². The van der Waals surface area contributed by atoms with Gasteiger partial charge in [0.1, 0.15) is 11.8 Å². The molecule has 1 aliphatic rings. The zero-order valence-corrected chi connectivity index (χ0v) is 15.3. The lowest BCUT2D eigenvalue weighted by molar-refractivity contribution is -0.143. The van der Waals surface area contributed by atoms with E-state index in [0.29, 0.717) is 13.0 Å². The molecular weight excluding hydrogens is 360 g/mol. The van der Waals surface area contributed by atoms with Gasteiger partial charge in [-0.15, -0.1) is 0 Å². The van der Waals surface area contributed by atoms with Gasteiger partial charge in [0.2, 0.25) is 5.91 Å². The first-order valence-corrected chi connectivity index (χ1v) is 10.2. The van der Waals surface area contributed by atoms with Crippen molar-refractivity contribution in [3.05, 3.63) is 29.8 Å². The van der Waals surface area contributed by atoms with Gasteiger partial charge in [-0.05, 0) is 37.5 Å². The molecule has 1 fully saturated rings. The van der Waals surface area contributed by atoms with Crippen LogP contribution in [0.4, 0.5) is 5.69 Å². The molecule has 0 bridgehead atoms. The van der Waals surface area contributed by atoms with Crippen LogP contribution in [0.15, 0.2) is 24.3 Å². The average molecular weight is 382 g/mol. The zero-order valence-electron chi connectivity index (χ0n) is 14.5. The Hall–Kier alpha value is -2.42. The monoisotopic (exact) mass is 382 g/mol. The summed E-state index contributed by atoms with van der Waals surface area (Å²) in [5.74, 6) is -2.90. The third kappa shape index (κ3) is 5.04. The van der Waals surface area contributed by atoms with Gasteiger partial charge in [0.05, 0.1) is 0 Å². The molecule has 8 nitrogen and oxygen atoms in total. The Labute approximate surface area is 152 Å². The fourth-order valence-corrected chi connectivity index (χ4v) is 3.50. The van der Waals surface area contributed by atoms with E-state index in [4.69, 9.17) is 0 Å². The minimum atomic E-state index is -3.45. The Bertz CT molecular complexity index is 805. The number of rotatable bonds is 6. The van der Waals surface area contributed by atoms with E-state index in [1.807, 2.05) is 0 Å². The molecule has 1 aromatic rings. The third-order valence-electron chi connectivity index (χ3n) is 4.23.